The highest BCUT2D eigenvalue weighted by atomic mass is 19.1. The van der Waals surface area contributed by atoms with Gasteiger partial charge < -0.3 is 14.9 Å². The third-order valence-electron chi connectivity index (χ3n) is 5.16. The van der Waals surface area contributed by atoms with Crippen LogP contribution in [0.25, 0.3) is 0 Å². The van der Waals surface area contributed by atoms with Crippen LogP contribution >= 0.6 is 0 Å². The molecule has 1 aromatic heterocycles. The minimum atomic E-state index is -0.807. The van der Waals surface area contributed by atoms with Gasteiger partial charge in [-0.1, -0.05) is 0 Å². The van der Waals surface area contributed by atoms with E-state index in [-0.39, 0.29) is 24.2 Å². The summed E-state index contributed by atoms with van der Waals surface area (Å²) in [6.07, 6.45) is 1.55. The van der Waals surface area contributed by atoms with Crippen LogP contribution in [0.3, 0.4) is 0 Å². The summed E-state index contributed by atoms with van der Waals surface area (Å²) in [5.74, 6) is -0.933. The van der Waals surface area contributed by atoms with E-state index in [1.807, 2.05) is 0 Å². The Morgan fingerprint density at radius 3 is 2.59 bits per heavy atom. The number of amides is 1. The summed E-state index contributed by atoms with van der Waals surface area (Å²) in [6, 6.07) is 5.72. The van der Waals surface area contributed by atoms with Crippen molar-refractivity contribution in [3.63, 3.8) is 0 Å². The molecule has 0 aliphatic carbocycles. The Morgan fingerprint density at radius 2 is 1.89 bits per heavy atom. The quantitative estimate of drug-likeness (QED) is 0.893. The zero-order chi connectivity index (χ0) is 19.0. The average Bonchev–Trinajstić information content (AvgIpc) is 3.33. The summed E-state index contributed by atoms with van der Waals surface area (Å²) in [7, 11) is 0. The zero-order valence-electron chi connectivity index (χ0n) is 14.7. The fraction of sp³-hybridized carbons (Fsp3) is 0.421. The lowest BCUT2D eigenvalue weighted by molar-refractivity contribution is 0.0706. The van der Waals surface area contributed by atoms with Gasteiger partial charge in [0.25, 0.3) is 5.91 Å². The lowest BCUT2D eigenvalue weighted by atomic mass is 10.0. The Labute approximate surface area is 155 Å². The molecule has 1 amide bonds. The van der Waals surface area contributed by atoms with Crippen LogP contribution in [-0.4, -0.2) is 51.8 Å². The number of rotatable bonds is 3. The van der Waals surface area contributed by atoms with Crippen molar-refractivity contribution in [3.8, 4) is 0 Å². The molecule has 2 aliphatic rings. The van der Waals surface area contributed by atoms with Gasteiger partial charge in [-0.05, 0) is 49.6 Å². The minimum absolute atomic E-state index is 0.0367. The number of anilines is 1. The van der Waals surface area contributed by atoms with Crippen molar-refractivity contribution in [3.05, 3.63) is 53.2 Å². The topological polar surface area (TPSA) is 69.6 Å². The van der Waals surface area contributed by atoms with Gasteiger partial charge in [0.1, 0.15) is 11.6 Å². The molecule has 2 aliphatic heterocycles. The maximum atomic E-state index is 14.2. The summed E-state index contributed by atoms with van der Waals surface area (Å²) < 4.78 is 27.8. The van der Waals surface area contributed by atoms with E-state index in [1.54, 1.807) is 12.1 Å². The predicted molar refractivity (Wildman–Crippen MR) is 94.2 cm³/mol. The van der Waals surface area contributed by atoms with Gasteiger partial charge in [-0.3, -0.25) is 4.79 Å². The number of carbonyl (C=O) groups is 1. The van der Waals surface area contributed by atoms with Gasteiger partial charge in [-0.25, -0.2) is 8.78 Å². The van der Waals surface area contributed by atoms with Crippen LogP contribution in [0.15, 0.2) is 30.3 Å². The highest BCUT2D eigenvalue weighted by molar-refractivity contribution is 5.92. The molecule has 8 heteroatoms. The Balaban J connectivity index is 1.58. The first kappa shape index (κ1) is 17.8. The lowest BCUT2D eigenvalue weighted by Crippen LogP contribution is -2.33. The van der Waals surface area contributed by atoms with Crippen molar-refractivity contribution in [2.24, 2.45) is 0 Å². The van der Waals surface area contributed by atoms with Gasteiger partial charge in [-0.2, -0.15) is 0 Å². The van der Waals surface area contributed by atoms with Crippen LogP contribution in [0.4, 0.5) is 14.6 Å². The molecule has 0 saturated carbocycles. The number of benzene rings is 1. The lowest BCUT2D eigenvalue weighted by Gasteiger charge is -2.25. The van der Waals surface area contributed by atoms with Crippen LogP contribution in [0.5, 0.6) is 0 Å². The molecule has 1 N–H and O–H groups in total. The van der Waals surface area contributed by atoms with E-state index in [0.29, 0.717) is 0 Å². The van der Waals surface area contributed by atoms with Crippen LogP contribution < -0.4 is 4.90 Å². The molecule has 0 spiro atoms. The number of aromatic nitrogens is 2. The Bertz CT molecular complexity index is 840. The van der Waals surface area contributed by atoms with Crippen molar-refractivity contribution in [2.75, 3.05) is 24.5 Å². The van der Waals surface area contributed by atoms with Crippen molar-refractivity contribution < 1.29 is 18.7 Å². The van der Waals surface area contributed by atoms with Crippen molar-refractivity contribution in [1.82, 2.24) is 15.1 Å². The van der Waals surface area contributed by atoms with Crippen LogP contribution in [0.1, 0.15) is 41.4 Å². The maximum Gasteiger partial charge on any atom is 0.274 e. The van der Waals surface area contributed by atoms with Gasteiger partial charge in [-0.15, -0.1) is 10.2 Å². The number of aliphatic hydroxyl groups is 1. The number of nitrogens with zero attached hydrogens (tertiary/aromatic N) is 4. The third kappa shape index (κ3) is 3.49. The van der Waals surface area contributed by atoms with E-state index in [9.17, 15) is 18.7 Å². The molecule has 6 nitrogen and oxygen atoms in total. The number of β-amino-alcohol motifs (C(OH)–C–C–N with tert-alkyl or cyclic N) is 1. The molecule has 0 bridgehead atoms. The number of carbonyl (C=O) groups excluding carboxylic acids is 1. The fourth-order valence-electron chi connectivity index (χ4n) is 3.80. The second-order valence-corrected chi connectivity index (χ2v) is 7.00. The molecule has 4 rings (SSSR count). The highest BCUT2D eigenvalue weighted by Crippen LogP contribution is 2.35. The number of hydrogen-bond donors (Lipinski definition) is 1. The van der Waals surface area contributed by atoms with E-state index in [4.69, 9.17) is 0 Å². The molecule has 0 radical (unpaired) electrons. The monoisotopic (exact) mass is 374 g/mol. The van der Waals surface area contributed by atoms with E-state index in [2.05, 4.69) is 15.1 Å². The molecule has 142 valence electrons. The second kappa shape index (κ2) is 7.19. The Kier molecular flexibility index (Phi) is 4.73. The minimum Gasteiger partial charge on any atom is -0.391 e. The summed E-state index contributed by atoms with van der Waals surface area (Å²) in [5.41, 5.74) is 0.176. The number of halogens is 2. The van der Waals surface area contributed by atoms with E-state index >= 15 is 0 Å². The summed E-state index contributed by atoms with van der Waals surface area (Å²) in [4.78, 5) is 16.3. The predicted octanol–water partition coefficient (Wildman–Crippen LogP) is 2.30. The fourth-order valence-corrected chi connectivity index (χ4v) is 3.80. The molecule has 2 unspecified atom stereocenters. The summed E-state index contributed by atoms with van der Waals surface area (Å²) in [5, 5.41) is 18.2. The largest absolute Gasteiger partial charge is 0.391 e. The zero-order valence-corrected chi connectivity index (χ0v) is 14.7. The smallest absolute Gasteiger partial charge is 0.274 e. The van der Waals surface area contributed by atoms with Crippen molar-refractivity contribution in [1.29, 1.82) is 0 Å². The molecule has 27 heavy (non-hydrogen) atoms. The molecule has 2 fully saturated rings. The number of hydrogen-bond acceptors (Lipinski definition) is 5. The van der Waals surface area contributed by atoms with Crippen molar-refractivity contribution >= 4 is 11.7 Å². The highest BCUT2D eigenvalue weighted by Gasteiger charge is 2.38. The SMILES string of the molecule is O=C(c1ccc(N2CCCC2)nn1)N1CC(O)CC1c1cc(F)ccc1F. The van der Waals surface area contributed by atoms with Gasteiger partial charge >= 0.3 is 0 Å². The van der Waals surface area contributed by atoms with E-state index in [1.165, 1.54) is 4.90 Å². The Morgan fingerprint density at radius 1 is 1.11 bits per heavy atom. The van der Waals surface area contributed by atoms with Gasteiger partial charge in [0.2, 0.25) is 0 Å². The molecule has 1 aromatic carbocycles. The van der Waals surface area contributed by atoms with Gasteiger partial charge in [0, 0.05) is 25.2 Å². The molecule has 3 heterocycles. The number of likely N-dealkylation sites (tertiary alicyclic amines) is 1. The van der Waals surface area contributed by atoms with Crippen LogP contribution in [-0.2, 0) is 0 Å². The standard InChI is InChI=1S/C19H20F2N4O2/c20-12-3-4-15(21)14(9-12)17-10-13(26)11-25(17)19(27)16-5-6-18(23-22-16)24-7-1-2-8-24/h3-6,9,13,17,26H,1-2,7-8,10-11H2. The van der Waals surface area contributed by atoms with E-state index < -0.39 is 29.7 Å². The van der Waals surface area contributed by atoms with Crippen LogP contribution in [0.2, 0.25) is 0 Å². The first-order chi connectivity index (χ1) is 13.0. The molecular formula is C19H20F2N4O2. The first-order valence-electron chi connectivity index (χ1n) is 9.05. The van der Waals surface area contributed by atoms with Gasteiger partial charge in [0.05, 0.1) is 12.1 Å². The third-order valence-corrected chi connectivity index (χ3v) is 5.16. The van der Waals surface area contributed by atoms with Crippen molar-refractivity contribution in [2.45, 2.75) is 31.4 Å². The van der Waals surface area contributed by atoms with Crippen LogP contribution in [0, 0.1) is 11.6 Å². The molecule has 2 aromatic rings. The summed E-state index contributed by atoms with van der Waals surface area (Å²) in [6.45, 7) is 1.87. The first-order valence-corrected chi connectivity index (χ1v) is 9.05. The molecule has 2 saturated heterocycles. The summed E-state index contributed by atoms with van der Waals surface area (Å²) >= 11 is 0. The average molecular weight is 374 g/mol. The molecule has 2 atom stereocenters. The Hall–Kier alpha value is -2.61. The maximum absolute atomic E-state index is 14.2. The normalized spacial score (nSPS) is 22.5. The van der Waals surface area contributed by atoms with E-state index in [0.717, 1.165) is 49.9 Å². The second-order valence-electron chi connectivity index (χ2n) is 7.00. The number of aliphatic hydroxyl groups excluding tert-OH is 1. The molecular weight excluding hydrogens is 354 g/mol. The van der Waals surface area contributed by atoms with Gasteiger partial charge in [0.15, 0.2) is 11.5 Å².